The number of anilines is 1. The number of aromatic nitrogens is 2. The van der Waals surface area contributed by atoms with Gasteiger partial charge in [-0.1, -0.05) is 30.3 Å². The number of para-hydroxylation sites is 1. The number of hydrogen-bond donors (Lipinski definition) is 2. The summed E-state index contributed by atoms with van der Waals surface area (Å²) in [4.78, 5) is 7.74. The van der Waals surface area contributed by atoms with Crippen molar-refractivity contribution in [2.24, 2.45) is 5.10 Å². The number of aromatic amines is 1. The Morgan fingerprint density at radius 2 is 2.00 bits per heavy atom. The first-order chi connectivity index (χ1) is 12.3. The van der Waals surface area contributed by atoms with E-state index in [1.54, 1.807) is 18.3 Å². The van der Waals surface area contributed by atoms with Crippen LogP contribution in [0.25, 0.3) is 22.2 Å². The smallest absolute Gasteiger partial charge is 0.203 e. The molecule has 2 N–H and O–H groups in total. The second kappa shape index (κ2) is 6.59. The van der Waals surface area contributed by atoms with Gasteiger partial charge in [0, 0.05) is 33.6 Å². The summed E-state index contributed by atoms with van der Waals surface area (Å²) in [6, 6.07) is 17.6. The maximum atomic E-state index is 8.85. The Morgan fingerprint density at radius 1 is 1.16 bits per heavy atom. The van der Waals surface area contributed by atoms with Gasteiger partial charge in [0.15, 0.2) is 0 Å². The van der Waals surface area contributed by atoms with E-state index in [1.807, 2.05) is 41.9 Å². The summed E-state index contributed by atoms with van der Waals surface area (Å²) in [5.41, 5.74) is 7.55. The van der Waals surface area contributed by atoms with Crippen LogP contribution in [0.1, 0.15) is 11.1 Å². The molecule has 0 bridgehead atoms. The molecule has 2 aromatic heterocycles. The number of benzene rings is 2. The van der Waals surface area contributed by atoms with Crippen molar-refractivity contribution in [3.05, 3.63) is 71.2 Å². The van der Waals surface area contributed by atoms with Crippen molar-refractivity contribution in [1.29, 1.82) is 5.26 Å². The molecule has 4 aromatic rings. The Labute approximate surface area is 148 Å². The Bertz CT molecular complexity index is 1080. The van der Waals surface area contributed by atoms with Crippen LogP contribution in [0.3, 0.4) is 0 Å². The zero-order chi connectivity index (χ0) is 17.1. The van der Waals surface area contributed by atoms with Crippen LogP contribution < -0.4 is 5.43 Å². The van der Waals surface area contributed by atoms with Crippen molar-refractivity contribution in [2.45, 2.75) is 0 Å². The minimum absolute atomic E-state index is 0.639. The number of nitriles is 1. The maximum absolute atomic E-state index is 8.85. The molecule has 0 unspecified atom stereocenters. The van der Waals surface area contributed by atoms with Crippen LogP contribution in [-0.2, 0) is 0 Å². The lowest BCUT2D eigenvalue weighted by Crippen LogP contribution is -1.89. The predicted molar refractivity (Wildman–Crippen MR) is 102 cm³/mol. The van der Waals surface area contributed by atoms with Gasteiger partial charge in [-0.15, -0.1) is 11.3 Å². The zero-order valence-electron chi connectivity index (χ0n) is 13.1. The highest BCUT2D eigenvalue weighted by molar-refractivity contribution is 7.14. The van der Waals surface area contributed by atoms with E-state index in [4.69, 9.17) is 5.26 Å². The van der Waals surface area contributed by atoms with E-state index < -0.39 is 0 Å². The van der Waals surface area contributed by atoms with Crippen molar-refractivity contribution < 1.29 is 0 Å². The number of rotatable bonds is 4. The number of hydrogen-bond acceptors (Lipinski definition) is 5. The number of thiazole rings is 1. The van der Waals surface area contributed by atoms with Gasteiger partial charge in [-0.05, 0) is 18.2 Å². The fourth-order valence-corrected chi connectivity index (χ4v) is 3.20. The number of hydrazone groups is 1. The lowest BCUT2D eigenvalue weighted by Gasteiger charge is -1.96. The van der Waals surface area contributed by atoms with Crippen LogP contribution in [0.15, 0.2) is 65.2 Å². The highest BCUT2D eigenvalue weighted by Crippen LogP contribution is 2.25. The van der Waals surface area contributed by atoms with Gasteiger partial charge in [-0.2, -0.15) is 10.4 Å². The van der Waals surface area contributed by atoms with Crippen molar-refractivity contribution >= 4 is 33.6 Å². The number of H-pyrrole nitrogens is 1. The highest BCUT2D eigenvalue weighted by Gasteiger charge is 2.04. The summed E-state index contributed by atoms with van der Waals surface area (Å²) in [6.45, 7) is 0. The van der Waals surface area contributed by atoms with E-state index in [9.17, 15) is 0 Å². The maximum Gasteiger partial charge on any atom is 0.203 e. The van der Waals surface area contributed by atoms with Crippen LogP contribution in [0.4, 0.5) is 5.13 Å². The summed E-state index contributed by atoms with van der Waals surface area (Å²) in [5, 5.41) is 16.9. The van der Waals surface area contributed by atoms with Gasteiger partial charge in [-0.3, -0.25) is 5.43 Å². The minimum atomic E-state index is 0.639. The molecule has 0 fully saturated rings. The third-order valence-corrected chi connectivity index (χ3v) is 4.55. The van der Waals surface area contributed by atoms with Crippen LogP contribution in [0.5, 0.6) is 0 Å². The van der Waals surface area contributed by atoms with Crippen LogP contribution >= 0.6 is 11.3 Å². The Hall–Kier alpha value is -3.43. The normalized spacial score (nSPS) is 11.0. The van der Waals surface area contributed by atoms with E-state index >= 15 is 0 Å². The molecule has 0 amide bonds. The van der Waals surface area contributed by atoms with Gasteiger partial charge in [0.25, 0.3) is 0 Å². The molecule has 2 aromatic carbocycles. The second-order valence-electron chi connectivity index (χ2n) is 5.39. The SMILES string of the molecule is N#Cc1ccc(-c2csc(N/N=C/c3c[nH]c4ccccc34)n2)cc1. The van der Waals surface area contributed by atoms with E-state index in [0.29, 0.717) is 5.56 Å². The lowest BCUT2D eigenvalue weighted by molar-refractivity contribution is 1.29. The fourth-order valence-electron chi connectivity index (χ4n) is 2.53. The molecule has 2 heterocycles. The standard InChI is InChI=1S/C19H13N5S/c20-9-13-5-7-14(8-6-13)18-12-25-19(23-18)24-22-11-15-10-21-17-4-2-1-3-16(15)17/h1-8,10-12,21H,(H,23,24)/b22-11+. The molecular formula is C19H13N5S. The molecule has 0 aliphatic rings. The van der Waals surface area contributed by atoms with E-state index in [2.05, 4.69) is 32.6 Å². The highest BCUT2D eigenvalue weighted by atomic mass is 32.1. The van der Waals surface area contributed by atoms with Crippen molar-refractivity contribution in [3.63, 3.8) is 0 Å². The summed E-state index contributed by atoms with van der Waals surface area (Å²) in [5.74, 6) is 0. The van der Waals surface area contributed by atoms with Gasteiger partial charge in [-0.25, -0.2) is 4.98 Å². The van der Waals surface area contributed by atoms with Gasteiger partial charge < -0.3 is 4.98 Å². The molecule has 0 saturated heterocycles. The van der Waals surface area contributed by atoms with Crippen molar-refractivity contribution in [3.8, 4) is 17.3 Å². The molecule has 0 saturated carbocycles. The van der Waals surface area contributed by atoms with Crippen LogP contribution in [-0.4, -0.2) is 16.2 Å². The molecule has 120 valence electrons. The molecule has 0 aliphatic carbocycles. The van der Waals surface area contributed by atoms with Crippen molar-refractivity contribution in [2.75, 3.05) is 5.43 Å². The average Bonchev–Trinajstić information content (AvgIpc) is 3.30. The molecule has 6 heteroatoms. The first-order valence-corrected chi connectivity index (χ1v) is 8.53. The number of fused-ring (bicyclic) bond motifs is 1. The summed E-state index contributed by atoms with van der Waals surface area (Å²) in [7, 11) is 0. The fraction of sp³-hybridized carbons (Fsp3) is 0. The predicted octanol–water partition coefficient (Wildman–Crippen LogP) is 4.61. The van der Waals surface area contributed by atoms with E-state index in [-0.39, 0.29) is 0 Å². The van der Waals surface area contributed by atoms with E-state index in [1.165, 1.54) is 11.3 Å². The minimum Gasteiger partial charge on any atom is -0.361 e. The topological polar surface area (TPSA) is 76.9 Å². The average molecular weight is 343 g/mol. The van der Waals surface area contributed by atoms with Crippen LogP contribution in [0, 0.1) is 11.3 Å². The molecule has 0 aliphatic heterocycles. The van der Waals surface area contributed by atoms with Gasteiger partial charge in [0.2, 0.25) is 5.13 Å². The zero-order valence-corrected chi connectivity index (χ0v) is 13.9. The summed E-state index contributed by atoms with van der Waals surface area (Å²) >= 11 is 1.49. The molecule has 0 radical (unpaired) electrons. The summed E-state index contributed by atoms with van der Waals surface area (Å²) in [6.07, 6.45) is 3.71. The second-order valence-corrected chi connectivity index (χ2v) is 6.24. The Kier molecular flexibility index (Phi) is 3.99. The largest absolute Gasteiger partial charge is 0.361 e. The molecule has 4 rings (SSSR count). The Morgan fingerprint density at radius 3 is 2.84 bits per heavy atom. The molecule has 5 nitrogen and oxygen atoms in total. The first-order valence-electron chi connectivity index (χ1n) is 7.65. The Balaban J connectivity index is 1.48. The summed E-state index contributed by atoms with van der Waals surface area (Å²) < 4.78 is 0. The molecular weight excluding hydrogens is 330 g/mol. The van der Waals surface area contributed by atoms with Gasteiger partial charge in [0.05, 0.1) is 23.5 Å². The molecule has 0 atom stereocenters. The lowest BCUT2D eigenvalue weighted by atomic mass is 10.1. The number of nitrogens with one attached hydrogen (secondary N) is 2. The molecule has 0 spiro atoms. The molecule has 25 heavy (non-hydrogen) atoms. The third kappa shape index (κ3) is 3.13. The van der Waals surface area contributed by atoms with E-state index in [0.717, 1.165) is 32.9 Å². The monoisotopic (exact) mass is 343 g/mol. The van der Waals surface area contributed by atoms with Crippen LogP contribution in [0.2, 0.25) is 0 Å². The quantitative estimate of drug-likeness (QED) is 0.420. The van der Waals surface area contributed by atoms with Gasteiger partial charge >= 0.3 is 0 Å². The third-order valence-electron chi connectivity index (χ3n) is 3.80. The first kappa shape index (κ1) is 15.1. The van der Waals surface area contributed by atoms with Crippen molar-refractivity contribution in [1.82, 2.24) is 9.97 Å². The van der Waals surface area contributed by atoms with Gasteiger partial charge in [0.1, 0.15) is 0 Å². The number of nitrogens with zero attached hydrogens (tertiary/aromatic N) is 3.